The molecule has 0 aliphatic heterocycles. The molecule has 2 atom stereocenters. The molecule has 0 spiro atoms. The summed E-state index contributed by atoms with van der Waals surface area (Å²) in [6.45, 7) is 0.393. The van der Waals surface area contributed by atoms with Gasteiger partial charge in [0.15, 0.2) is 0 Å². The molecule has 0 aliphatic rings. The van der Waals surface area contributed by atoms with Crippen molar-refractivity contribution in [1.29, 1.82) is 0 Å². The van der Waals surface area contributed by atoms with Crippen molar-refractivity contribution >= 4 is 10.8 Å². The lowest BCUT2D eigenvalue weighted by Gasteiger charge is -2.15. The van der Waals surface area contributed by atoms with Crippen LogP contribution in [-0.2, 0) is 10.8 Å². The Morgan fingerprint density at radius 1 is 1.05 bits per heavy atom. The van der Waals surface area contributed by atoms with Gasteiger partial charge in [0.05, 0.1) is 15.7 Å². The average Bonchev–Trinajstić information content (AvgIpc) is 2.46. The van der Waals surface area contributed by atoms with E-state index >= 15 is 0 Å². The highest BCUT2D eigenvalue weighted by molar-refractivity contribution is 7.85. The van der Waals surface area contributed by atoms with Crippen molar-refractivity contribution < 1.29 is 8.60 Å². The van der Waals surface area contributed by atoms with Crippen LogP contribution in [0.3, 0.4) is 0 Å². The lowest BCUT2D eigenvalue weighted by Crippen LogP contribution is -2.19. The lowest BCUT2D eigenvalue weighted by molar-refractivity contribution is 0.594. The van der Waals surface area contributed by atoms with Crippen LogP contribution in [0.15, 0.2) is 59.5 Å². The normalized spacial score (nSPS) is 14.0. The third kappa shape index (κ3) is 3.49. The molecule has 0 saturated heterocycles. The number of hydrogen-bond donors (Lipinski definition) is 1. The fraction of sp³-hybridized carbons (Fsp3) is 0.200. The molecule has 2 unspecified atom stereocenters. The molecule has 0 amide bonds. The molecule has 4 heteroatoms. The number of benzene rings is 2. The summed E-state index contributed by atoms with van der Waals surface area (Å²) < 4.78 is 25.8. The van der Waals surface area contributed by atoms with Gasteiger partial charge in [0.1, 0.15) is 5.82 Å². The van der Waals surface area contributed by atoms with Crippen LogP contribution in [0.1, 0.15) is 11.5 Å². The van der Waals surface area contributed by atoms with Gasteiger partial charge in [-0.05, 0) is 17.7 Å². The zero-order chi connectivity index (χ0) is 13.7. The van der Waals surface area contributed by atoms with E-state index in [0.717, 1.165) is 5.56 Å². The molecule has 2 rings (SSSR count). The second-order valence-corrected chi connectivity index (χ2v) is 5.75. The number of nitrogens with two attached hydrogens (primary N) is 1. The van der Waals surface area contributed by atoms with Gasteiger partial charge >= 0.3 is 0 Å². The molecule has 2 aromatic rings. The third-order valence-electron chi connectivity index (χ3n) is 2.99. The predicted octanol–water partition coefficient (Wildman–Crippen LogP) is 2.68. The van der Waals surface area contributed by atoms with Gasteiger partial charge in [-0.3, -0.25) is 4.21 Å². The van der Waals surface area contributed by atoms with Crippen LogP contribution in [0.4, 0.5) is 4.39 Å². The van der Waals surface area contributed by atoms with Crippen molar-refractivity contribution in [1.82, 2.24) is 0 Å². The van der Waals surface area contributed by atoms with Crippen molar-refractivity contribution in [2.24, 2.45) is 5.73 Å². The van der Waals surface area contributed by atoms with E-state index in [1.807, 2.05) is 30.3 Å². The molecule has 2 nitrogen and oxygen atoms in total. The monoisotopic (exact) mass is 277 g/mol. The van der Waals surface area contributed by atoms with Crippen LogP contribution in [0.25, 0.3) is 0 Å². The predicted molar refractivity (Wildman–Crippen MR) is 75.9 cm³/mol. The SMILES string of the molecule is NCC(CS(=O)c1ccccc1F)c1ccccc1. The first-order chi connectivity index (χ1) is 9.22. The summed E-state index contributed by atoms with van der Waals surface area (Å²) in [6, 6.07) is 15.8. The highest BCUT2D eigenvalue weighted by Gasteiger charge is 2.16. The van der Waals surface area contributed by atoms with E-state index in [-0.39, 0.29) is 10.8 Å². The first-order valence-electron chi connectivity index (χ1n) is 6.10. The Labute approximate surface area is 114 Å². The number of rotatable bonds is 5. The Kier molecular flexibility index (Phi) is 4.82. The van der Waals surface area contributed by atoms with Crippen LogP contribution >= 0.6 is 0 Å². The minimum atomic E-state index is -1.38. The first kappa shape index (κ1) is 13.9. The zero-order valence-corrected chi connectivity index (χ0v) is 11.3. The first-order valence-corrected chi connectivity index (χ1v) is 7.42. The quantitative estimate of drug-likeness (QED) is 0.913. The van der Waals surface area contributed by atoms with Crippen molar-refractivity contribution in [2.75, 3.05) is 12.3 Å². The summed E-state index contributed by atoms with van der Waals surface area (Å²) in [7, 11) is -1.38. The topological polar surface area (TPSA) is 43.1 Å². The fourth-order valence-electron chi connectivity index (χ4n) is 1.93. The molecule has 0 radical (unpaired) electrons. The summed E-state index contributed by atoms with van der Waals surface area (Å²) in [6.07, 6.45) is 0. The second-order valence-electron chi connectivity index (χ2n) is 4.29. The van der Waals surface area contributed by atoms with Crippen LogP contribution in [0, 0.1) is 5.82 Å². The molecule has 0 aromatic heterocycles. The van der Waals surface area contributed by atoms with Gasteiger partial charge in [-0.2, -0.15) is 0 Å². The molecule has 2 N–H and O–H groups in total. The molecular formula is C15H16FNOS. The van der Waals surface area contributed by atoms with Crippen molar-refractivity contribution in [3.8, 4) is 0 Å². The molecular weight excluding hydrogens is 261 g/mol. The van der Waals surface area contributed by atoms with E-state index in [1.165, 1.54) is 6.07 Å². The minimum absolute atomic E-state index is 0.0263. The van der Waals surface area contributed by atoms with Gasteiger partial charge in [-0.15, -0.1) is 0 Å². The van der Waals surface area contributed by atoms with Gasteiger partial charge in [0.2, 0.25) is 0 Å². The summed E-state index contributed by atoms with van der Waals surface area (Å²) >= 11 is 0. The summed E-state index contributed by atoms with van der Waals surface area (Å²) in [5.41, 5.74) is 6.78. The molecule has 2 aromatic carbocycles. The fourth-order valence-corrected chi connectivity index (χ4v) is 3.32. The van der Waals surface area contributed by atoms with E-state index < -0.39 is 16.6 Å². The number of hydrogen-bond acceptors (Lipinski definition) is 2. The Morgan fingerprint density at radius 2 is 1.68 bits per heavy atom. The van der Waals surface area contributed by atoms with E-state index in [2.05, 4.69) is 0 Å². The van der Waals surface area contributed by atoms with Gasteiger partial charge in [0, 0.05) is 18.2 Å². The third-order valence-corrected chi connectivity index (χ3v) is 4.52. The van der Waals surface area contributed by atoms with E-state index in [9.17, 15) is 8.60 Å². The Morgan fingerprint density at radius 3 is 2.32 bits per heavy atom. The highest BCUT2D eigenvalue weighted by Crippen LogP contribution is 2.20. The zero-order valence-electron chi connectivity index (χ0n) is 10.5. The van der Waals surface area contributed by atoms with Crippen LogP contribution in [-0.4, -0.2) is 16.5 Å². The summed E-state index contributed by atoms with van der Waals surface area (Å²) in [5.74, 6) is -0.118. The maximum absolute atomic E-state index is 13.6. The molecule has 100 valence electrons. The second kappa shape index (κ2) is 6.59. The molecule has 0 saturated carbocycles. The summed E-state index contributed by atoms with van der Waals surface area (Å²) in [4.78, 5) is 0.247. The van der Waals surface area contributed by atoms with E-state index in [1.54, 1.807) is 18.2 Å². The lowest BCUT2D eigenvalue weighted by atomic mass is 10.0. The standard InChI is InChI=1S/C15H16FNOS/c16-14-8-4-5-9-15(14)19(18)11-13(10-17)12-6-2-1-3-7-12/h1-9,13H,10-11,17H2. The molecule has 19 heavy (non-hydrogen) atoms. The summed E-state index contributed by atoms with van der Waals surface area (Å²) in [5, 5.41) is 0. The largest absolute Gasteiger partial charge is 0.330 e. The van der Waals surface area contributed by atoms with Gasteiger partial charge < -0.3 is 5.73 Å². The van der Waals surface area contributed by atoms with E-state index in [0.29, 0.717) is 12.3 Å². The smallest absolute Gasteiger partial charge is 0.139 e. The van der Waals surface area contributed by atoms with Gasteiger partial charge in [-0.1, -0.05) is 42.5 Å². The van der Waals surface area contributed by atoms with Crippen molar-refractivity contribution in [3.63, 3.8) is 0 Å². The average molecular weight is 277 g/mol. The molecule has 0 heterocycles. The maximum atomic E-state index is 13.6. The van der Waals surface area contributed by atoms with Crippen LogP contribution < -0.4 is 5.73 Å². The van der Waals surface area contributed by atoms with Gasteiger partial charge in [0.25, 0.3) is 0 Å². The Bertz CT molecular complexity index is 559. The highest BCUT2D eigenvalue weighted by atomic mass is 32.2. The Balaban J connectivity index is 2.16. The minimum Gasteiger partial charge on any atom is -0.330 e. The molecule has 0 bridgehead atoms. The Hall–Kier alpha value is -1.52. The van der Waals surface area contributed by atoms with Crippen molar-refractivity contribution in [3.05, 3.63) is 66.0 Å². The molecule has 0 aliphatic carbocycles. The van der Waals surface area contributed by atoms with Crippen LogP contribution in [0.2, 0.25) is 0 Å². The van der Waals surface area contributed by atoms with E-state index in [4.69, 9.17) is 5.73 Å². The maximum Gasteiger partial charge on any atom is 0.139 e. The van der Waals surface area contributed by atoms with Gasteiger partial charge in [-0.25, -0.2) is 4.39 Å². The van der Waals surface area contributed by atoms with Crippen LogP contribution in [0.5, 0.6) is 0 Å². The number of halogens is 1. The molecule has 0 fully saturated rings. The van der Waals surface area contributed by atoms with Crippen molar-refractivity contribution in [2.45, 2.75) is 10.8 Å².